The molecule has 1 saturated heterocycles. The molecule has 0 saturated carbocycles. The predicted octanol–water partition coefficient (Wildman–Crippen LogP) is 0.797. The summed E-state index contributed by atoms with van der Waals surface area (Å²) in [6.07, 6.45) is 5.16. The van der Waals surface area contributed by atoms with Crippen LogP contribution in [0.2, 0.25) is 0 Å². The molecule has 1 aliphatic rings. The maximum Gasteiger partial charge on any atom is 0.222 e. The molecular weight excluding hydrogens is 242 g/mol. The minimum atomic E-state index is -0.00641. The molecular formula is C14H27N3O2. The van der Waals surface area contributed by atoms with Crippen LogP contribution >= 0.6 is 0 Å². The Morgan fingerprint density at radius 3 is 2.58 bits per heavy atom. The molecule has 5 nitrogen and oxygen atoms in total. The normalized spacial score (nSPS) is 19.2. The molecule has 3 N–H and O–H groups in total. The molecule has 19 heavy (non-hydrogen) atoms. The zero-order valence-electron chi connectivity index (χ0n) is 12.1. The van der Waals surface area contributed by atoms with E-state index in [-0.39, 0.29) is 17.7 Å². The molecule has 1 rings (SSSR count). The third-order valence-corrected chi connectivity index (χ3v) is 3.40. The van der Waals surface area contributed by atoms with E-state index in [9.17, 15) is 9.59 Å². The monoisotopic (exact) mass is 269 g/mol. The van der Waals surface area contributed by atoms with E-state index in [4.69, 9.17) is 0 Å². The maximum atomic E-state index is 11.6. The average Bonchev–Trinajstić information content (AvgIpc) is 2.42. The van der Waals surface area contributed by atoms with E-state index in [1.54, 1.807) is 0 Å². The molecule has 0 radical (unpaired) electrons. The van der Waals surface area contributed by atoms with Crippen molar-refractivity contribution >= 4 is 11.8 Å². The van der Waals surface area contributed by atoms with Crippen LogP contribution in [0.25, 0.3) is 0 Å². The van der Waals surface area contributed by atoms with Crippen molar-refractivity contribution in [3.63, 3.8) is 0 Å². The lowest BCUT2D eigenvalue weighted by Crippen LogP contribution is -2.38. The van der Waals surface area contributed by atoms with Crippen molar-refractivity contribution in [2.45, 2.75) is 52.0 Å². The molecule has 0 spiro atoms. The van der Waals surface area contributed by atoms with Crippen LogP contribution in [-0.2, 0) is 9.59 Å². The summed E-state index contributed by atoms with van der Waals surface area (Å²) in [5.41, 5.74) is 0. The summed E-state index contributed by atoms with van der Waals surface area (Å²) < 4.78 is 0. The first-order valence-electron chi connectivity index (χ1n) is 7.37. The second kappa shape index (κ2) is 8.91. The van der Waals surface area contributed by atoms with Crippen LogP contribution in [-0.4, -0.2) is 37.5 Å². The molecule has 0 bridgehead atoms. The fraction of sp³-hybridized carbons (Fsp3) is 0.857. The second-order valence-corrected chi connectivity index (χ2v) is 5.48. The number of hydrogen-bond donors (Lipinski definition) is 3. The van der Waals surface area contributed by atoms with E-state index in [2.05, 4.69) is 16.0 Å². The lowest BCUT2D eigenvalue weighted by molar-refractivity contribution is -0.124. The van der Waals surface area contributed by atoms with Gasteiger partial charge in [-0.15, -0.1) is 0 Å². The first-order valence-corrected chi connectivity index (χ1v) is 7.37. The Morgan fingerprint density at radius 2 is 1.95 bits per heavy atom. The SMILES string of the molecule is CC(C)C(=O)NCCNC(=O)CCC1CCCCN1. The van der Waals surface area contributed by atoms with E-state index in [1.165, 1.54) is 19.3 Å². The summed E-state index contributed by atoms with van der Waals surface area (Å²) in [5, 5.41) is 9.04. The Kier molecular flexibility index (Phi) is 7.48. The van der Waals surface area contributed by atoms with Gasteiger partial charge in [0, 0.05) is 31.5 Å². The Bertz CT molecular complexity index is 286. The molecule has 0 aromatic rings. The van der Waals surface area contributed by atoms with Crippen LogP contribution in [0, 0.1) is 5.92 Å². The molecule has 1 heterocycles. The molecule has 5 heteroatoms. The van der Waals surface area contributed by atoms with Gasteiger partial charge in [0.2, 0.25) is 11.8 Å². The highest BCUT2D eigenvalue weighted by Gasteiger charge is 2.13. The number of rotatable bonds is 7. The number of hydrogen-bond acceptors (Lipinski definition) is 3. The lowest BCUT2D eigenvalue weighted by Gasteiger charge is -2.23. The molecule has 0 aliphatic carbocycles. The van der Waals surface area contributed by atoms with Crippen LogP contribution in [0.1, 0.15) is 46.0 Å². The highest BCUT2D eigenvalue weighted by atomic mass is 16.2. The quantitative estimate of drug-likeness (QED) is 0.599. The molecule has 1 unspecified atom stereocenters. The van der Waals surface area contributed by atoms with Crippen molar-refractivity contribution in [1.82, 2.24) is 16.0 Å². The van der Waals surface area contributed by atoms with Crippen LogP contribution in [0.15, 0.2) is 0 Å². The molecule has 1 aliphatic heterocycles. The van der Waals surface area contributed by atoms with Crippen molar-refractivity contribution in [2.75, 3.05) is 19.6 Å². The fourth-order valence-corrected chi connectivity index (χ4v) is 2.16. The van der Waals surface area contributed by atoms with E-state index in [0.29, 0.717) is 25.6 Å². The van der Waals surface area contributed by atoms with Gasteiger partial charge in [0.1, 0.15) is 0 Å². The largest absolute Gasteiger partial charge is 0.354 e. The van der Waals surface area contributed by atoms with Gasteiger partial charge in [-0.25, -0.2) is 0 Å². The van der Waals surface area contributed by atoms with Crippen LogP contribution in [0.3, 0.4) is 0 Å². The van der Waals surface area contributed by atoms with Gasteiger partial charge in [0.15, 0.2) is 0 Å². The summed E-state index contributed by atoms with van der Waals surface area (Å²) >= 11 is 0. The zero-order chi connectivity index (χ0) is 14.1. The van der Waals surface area contributed by atoms with E-state index in [1.807, 2.05) is 13.8 Å². The van der Waals surface area contributed by atoms with Crippen molar-refractivity contribution in [2.24, 2.45) is 5.92 Å². The third kappa shape index (κ3) is 7.15. The van der Waals surface area contributed by atoms with Gasteiger partial charge in [0.25, 0.3) is 0 Å². The maximum absolute atomic E-state index is 11.6. The number of carbonyl (C=O) groups excluding carboxylic acids is 2. The minimum absolute atomic E-state index is 0.00641. The molecule has 1 atom stereocenters. The van der Waals surface area contributed by atoms with E-state index >= 15 is 0 Å². The van der Waals surface area contributed by atoms with Crippen molar-refractivity contribution in [3.05, 3.63) is 0 Å². The van der Waals surface area contributed by atoms with Gasteiger partial charge >= 0.3 is 0 Å². The predicted molar refractivity (Wildman–Crippen MR) is 75.7 cm³/mol. The van der Waals surface area contributed by atoms with Crippen LogP contribution < -0.4 is 16.0 Å². The van der Waals surface area contributed by atoms with Crippen molar-refractivity contribution in [1.29, 1.82) is 0 Å². The first-order chi connectivity index (χ1) is 9.09. The standard InChI is InChI=1S/C14H27N3O2/c1-11(2)14(19)17-10-9-16-13(18)7-6-12-5-3-4-8-15-12/h11-12,15H,3-10H2,1-2H3,(H,16,18)(H,17,19). The van der Waals surface area contributed by atoms with Gasteiger partial charge < -0.3 is 16.0 Å². The highest BCUT2D eigenvalue weighted by Crippen LogP contribution is 2.11. The van der Waals surface area contributed by atoms with Crippen LogP contribution in [0.5, 0.6) is 0 Å². The number of piperidine rings is 1. The van der Waals surface area contributed by atoms with Gasteiger partial charge in [-0.1, -0.05) is 20.3 Å². The highest BCUT2D eigenvalue weighted by molar-refractivity contribution is 5.78. The number of nitrogens with one attached hydrogen (secondary N) is 3. The van der Waals surface area contributed by atoms with Crippen molar-refractivity contribution < 1.29 is 9.59 Å². The Hall–Kier alpha value is -1.10. The number of carbonyl (C=O) groups is 2. The molecule has 1 fully saturated rings. The van der Waals surface area contributed by atoms with E-state index < -0.39 is 0 Å². The Morgan fingerprint density at radius 1 is 1.21 bits per heavy atom. The van der Waals surface area contributed by atoms with Crippen molar-refractivity contribution in [3.8, 4) is 0 Å². The first kappa shape index (κ1) is 16.0. The minimum Gasteiger partial charge on any atom is -0.354 e. The Balaban J connectivity index is 2.00. The topological polar surface area (TPSA) is 70.2 Å². The summed E-state index contributed by atoms with van der Waals surface area (Å²) in [5.74, 6) is 0.0971. The molecule has 2 amide bonds. The van der Waals surface area contributed by atoms with Gasteiger partial charge in [-0.2, -0.15) is 0 Å². The summed E-state index contributed by atoms with van der Waals surface area (Å²) in [6, 6.07) is 0.500. The van der Waals surface area contributed by atoms with E-state index in [0.717, 1.165) is 13.0 Å². The molecule has 0 aromatic carbocycles. The summed E-state index contributed by atoms with van der Waals surface area (Å²) in [7, 11) is 0. The summed E-state index contributed by atoms with van der Waals surface area (Å²) in [4.78, 5) is 22.9. The van der Waals surface area contributed by atoms with Gasteiger partial charge in [0.05, 0.1) is 0 Å². The molecule has 110 valence electrons. The third-order valence-electron chi connectivity index (χ3n) is 3.40. The smallest absolute Gasteiger partial charge is 0.222 e. The second-order valence-electron chi connectivity index (χ2n) is 5.48. The molecule has 0 aromatic heterocycles. The fourth-order valence-electron chi connectivity index (χ4n) is 2.16. The average molecular weight is 269 g/mol. The lowest BCUT2D eigenvalue weighted by atomic mass is 10.0. The number of amides is 2. The van der Waals surface area contributed by atoms with Gasteiger partial charge in [-0.3, -0.25) is 9.59 Å². The summed E-state index contributed by atoms with van der Waals surface area (Å²) in [6.45, 7) is 5.80. The van der Waals surface area contributed by atoms with Gasteiger partial charge in [-0.05, 0) is 25.8 Å². The zero-order valence-corrected chi connectivity index (χ0v) is 12.1. The Labute approximate surface area is 115 Å². The van der Waals surface area contributed by atoms with Crippen LogP contribution in [0.4, 0.5) is 0 Å².